The van der Waals surface area contributed by atoms with Crippen molar-refractivity contribution in [3.05, 3.63) is 0 Å². The van der Waals surface area contributed by atoms with Gasteiger partial charge in [0, 0.05) is 0 Å². The van der Waals surface area contributed by atoms with E-state index in [1.165, 1.54) is 77.0 Å². The van der Waals surface area contributed by atoms with Gasteiger partial charge in [-0.2, -0.15) is 0 Å². The maximum atomic E-state index is 10.9. The van der Waals surface area contributed by atoms with Gasteiger partial charge in [-0.3, -0.25) is 0 Å². The molecule has 5 aliphatic rings. The summed E-state index contributed by atoms with van der Waals surface area (Å²) in [6, 6.07) is 0. The Hall–Kier alpha value is -0.0400. The van der Waals surface area contributed by atoms with Crippen molar-refractivity contribution in [2.24, 2.45) is 56.7 Å². The molecule has 0 amide bonds. The molecule has 0 aromatic rings. The first kappa shape index (κ1) is 23.7. The molecule has 0 saturated heterocycles. The van der Waals surface area contributed by atoms with E-state index in [4.69, 9.17) is 0 Å². The van der Waals surface area contributed by atoms with Gasteiger partial charge in [-0.15, -0.1) is 0 Å². The first-order chi connectivity index (χ1) is 15.0. The van der Waals surface area contributed by atoms with E-state index in [0.29, 0.717) is 21.7 Å². The van der Waals surface area contributed by atoms with E-state index in [2.05, 4.69) is 48.5 Å². The lowest BCUT2D eigenvalue weighted by molar-refractivity contribution is -0.162. The van der Waals surface area contributed by atoms with Crippen LogP contribution in [0.15, 0.2) is 0 Å². The number of hydrogen-bond donors (Lipinski definition) is 1. The van der Waals surface area contributed by atoms with Crippen molar-refractivity contribution in [2.75, 3.05) is 0 Å². The predicted octanol–water partition coefficient (Wildman–Crippen LogP) is 8.64. The molecule has 0 aromatic carbocycles. The SMILES string of the molecule is CC[C@H](CCCC(C)C)[C@H]1CC[C@@]2(C)[C@@H]3CC[C@H]4C(C)(C)[C@@H](O)CC[C@@]45C[C@@]35CC[C@]12C. The smallest absolute Gasteiger partial charge is 0.0594 e. The van der Waals surface area contributed by atoms with Crippen LogP contribution in [0.1, 0.15) is 132 Å². The van der Waals surface area contributed by atoms with Crippen molar-refractivity contribution >= 4 is 0 Å². The van der Waals surface area contributed by atoms with Crippen LogP contribution in [-0.2, 0) is 0 Å². The second-order valence-electron chi connectivity index (χ2n) is 15.0. The van der Waals surface area contributed by atoms with Gasteiger partial charge in [-0.25, -0.2) is 0 Å². The largest absolute Gasteiger partial charge is 0.393 e. The van der Waals surface area contributed by atoms with E-state index in [0.717, 1.165) is 36.0 Å². The van der Waals surface area contributed by atoms with Gasteiger partial charge in [-0.1, -0.05) is 74.1 Å². The molecule has 32 heavy (non-hydrogen) atoms. The summed E-state index contributed by atoms with van der Waals surface area (Å²) in [7, 11) is 0. The Morgan fingerprint density at radius 2 is 1.47 bits per heavy atom. The number of fused-ring (bicyclic) bond motifs is 2. The fourth-order valence-corrected chi connectivity index (χ4v) is 11.6. The van der Waals surface area contributed by atoms with Gasteiger partial charge in [0.05, 0.1) is 6.10 Å². The Morgan fingerprint density at radius 1 is 0.781 bits per heavy atom. The van der Waals surface area contributed by atoms with Crippen molar-refractivity contribution < 1.29 is 5.11 Å². The number of rotatable bonds is 6. The van der Waals surface area contributed by atoms with Crippen LogP contribution in [0.25, 0.3) is 0 Å². The average molecular weight is 443 g/mol. The first-order valence-electron chi connectivity index (χ1n) is 14.7. The lowest BCUT2D eigenvalue weighted by Gasteiger charge is -2.63. The van der Waals surface area contributed by atoms with Crippen LogP contribution < -0.4 is 0 Å². The average Bonchev–Trinajstić information content (AvgIpc) is 3.32. The van der Waals surface area contributed by atoms with E-state index >= 15 is 0 Å². The van der Waals surface area contributed by atoms with E-state index < -0.39 is 0 Å². The molecule has 1 N–H and O–H groups in total. The number of hydrogen-bond acceptors (Lipinski definition) is 1. The first-order valence-corrected chi connectivity index (χ1v) is 14.7. The van der Waals surface area contributed by atoms with Gasteiger partial charge < -0.3 is 5.11 Å². The standard InChI is InChI=1S/C31H54O/c1-8-22(11-9-10-21(2)3)23-14-16-29(7)25-13-12-24-27(4,5)26(32)15-17-30(24)20-31(25,30)19-18-28(23,29)6/h21-26,32H,8-20H2,1-7H3/t22-,23-,24+,25+,26+,28-,29+,30-,31+/m1/s1. The van der Waals surface area contributed by atoms with E-state index in [-0.39, 0.29) is 11.5 Å². The Morgan fingerprint density at radius 3 is 2.16 bits per heavy atom. The molecule has 0 unspecified atom stereocenters. The highest BCUT2D eigenvalue weighted by Gasteiger charge is 2.82. The van der Waals surface area contributed by atoms with Gasteiger partial charge >= 0.3 is 0 Å². The molecule has 5 aliphatic carbocycles. The quantitative estimate of drug-likeness (QED) is 0.436. The molecular formula is C31H54O. The normalized spacial score (nSPS) is 52.0. The molecule has 0 bridgehead atoms. The van der Waals surface area contributed by atoms with Crippen molar-refractivity contribution in [2.45, 2.75) is 138 Å². The fourth-order valence-electron chi connectivity index (χ4n) is 11.6. The van der Waals surface area contributed by atoms with Crippen LogP contribution in [-0.4, -0.2) is 11.2 Å². The summed E-state index contributed by atoms with van der Waals surface area (Å²) in [5, 5.41) is 10.9. The highest BCUT2D eigenvalue weighted by Crippen LogP contribution is 2.89. The number of aliphatic hydroxyl groups excluding tert-OH is 1. The van der Waals surface area contributed by atoms with Crippen molar-refractivity contribution in [3.8, 4) is 0 Å². The molecule has 0 heterocycles. The minimum Gasteiger partial charge on any atom is -0.393 e. The second-order valence-corrected chi connectivity index (χ2v) is 15.0. The van der Waals surface area contributed by atoms with Crippen LogP contribution in [0, 0.1) is 56.7 Å². The summed E-state index contributed by atoms with van der Waals surface area (Å²) >= 11 is 0. The summed E-state index contributed by atoms with van der Waals surface area (Å²) in [6.07, 6.45) is 18.3. The summed E-state index contributed by atoms with van der Waals surface area (Å²) < 4.78 is 0. The Kier molecular flexibility index (Phi) is 5.54. The van der Waals surface area contributed by atoms with Crippen LogP contribution in [0.3, 0.4) is 0 Å². The van der Waals surface area contributed by atoms with Crippen molar-refractivity contribution in [1.82, 2.24) is 0 Å². The summed E-state index contributed by atoms with van der Waals surface area (Å²) in [5.41, 5.74) is 2.45. The summed E-state index contributed by atoms with van der Waals surface area (Å²) in [5.74, 6) is 4.47. The van der Waals surface area contributed by atoms with Crippen LogP contribution in [0.4, 0.5) is 0 Å². The van der Waals surface area contributed by atoms with E-state index in [9.17, 15) is 5.11 Å². The molecule has 5 rings (SSSR count). The Labute approximate surface area is 199 Å². The van der Waals surface area contributed by atoms with Crippen LogP contribution in [0.5, 0.6) is 0 Å². The van der Waals surface area contributed by atoms with Crippen molar-refractivity contribution in [3.63, 3.8) is 0 Å². The minimum absolute atomic E-state index is 0.0798. The van der Waals surface area contributed by atoms with Gasteiger partial charge in [0.1, 0.15) is 0 Å². The molecule has 9 atom stereocenters. The maximum absolute atomic E-state index is 10.9. The van der Waals surface area contributed by atoms with Crippen molar-refractivity contribution in [1.29, 1.82) is 0 Å². The predicted molar refractivity (Wildman–Crippen MR) is 135 cm³/mol. The zero-order valence-electron chi connectivity index (χ0n) is 22.6. The summed E-state index contributed by atoms with van der Waals surface area (Å²) in [4.78, 5) is 0. The Bertz CT molecular complexity index is 724. The third-order valence-electron chi connectivity index (χ3n) is 13.6. The highest BCUT2D eigenvalue weighted by atomic mass is 16.3. The zero-order valence-corrected chi connectivity index (χ0v) is 22.6. The van der Waals surface area contributed by atoms with E-state index in [1.807, 2.05) is 0 Å². The molecule has 1 nitrogen and oxygen atoms in total. The third-order valence-corrected chi connectivity index (χ3v) is 13.6. The van der Waals surface area contributed by atoms with Gasteiger partial charge in [-0.05, 0) is 114 Å². The molecule has 5 fully saturated rings. The molecule has 0 aromatic heterocycles. The summed E-state index contributed by atoms with van der Waals surface area (Å²) in [6.45, 7) is 17.6. The molecule has 0 aliphatic heterocycles. The fraction of sp³-hybridized carbons (Fsp3) is 1.00. The van der Waals surface area contributed by atoms with E-state index in [1.54, 1.807) is 0 Å². The van der Waals surface area contributed by atoms with Crippen LogP contribution in [0.2, 0.25) is 0 Å². The molecule has 184 valence electrons. The minimum atomic E-state index is -0.0798. The van der Waals surface area contributed by atoms with Gasteiger partial charge in [0.2, 0.25) is 0 Å². The second kappa shape index (κ2) is 7.48. The Balaban J connectivity index is 1.40. The van der Waals surface area contributed by atoms with Gasteiger partial charge in [0.25, 0.3) is 0 Å². The third kappa shape index (κ3) is 2.85. The molecule has 5 saturated carbocycles. The zero-order chi connectivity index (χ0) is 23.2. The molecule has 2 spiro atoms. The molecule has 0 radical (unpaired) electrons. The lowest BCUT2D eigenvalue weighted by Crippen LogP contribution is -2.57. The van der Waals surface area contributed by atoms with Crippen LogP contribution >= 0.6 is 0 Å². The highest BCUT2D eigenvalue weighted by molar-refractivity contribution is 5.30. The topological polar surface area (TPSA) is 20.2 Å². The maximum Gasteiger partial charge on any atom is 0.0594 e. The molecule has 1 heteroatoms. The van der Waals surface area contributed by atoms with Gasteiger partial charge in [0.15, 0.2) is 0 Å². The number of aliphatic hydroxyl groups is 1. The lowest BCUT2D eigenvalue weighted by atomic mass is 9.41. The molecular weight excluding hydrogens is 388 g/mol. The monoisotopic (exact) mass is 442 g/mol.